The molecule has 1 aliphatic heterocycles. The van der Waals surface area contributed by atoms with Crippen LogP contribution in [0.1, 0.15) is 59.4 Å². The highest BCUT2D eigenvalue weighted by atomic mass is 32.2. The zero-order chi connectivity index (χ0) is 32.1. The molecule has 0 radical (unpaired) electrons. The average Bonchev–Trinajstić information content (AvgIpc) is 3.62. The number of hydrogen-bond acceptors (Lipinski definition) is 7. The smallest absolute Gasteiger partial charge is 0.475 e. The number of carbonyl (C=O) groups excluding carboxylic acids is 1. The first kappa shape index (κ1) is 34.5. The van der Waals surface area contributed by atoms with E-state index in [4.69, 9.17) is 20.4 Å². The number of aliphatic carboxylic acids is 1. The zero-order valence-corrected chi connectivity index (χ0v) is 26.0. The summed E-state index contributed by atoms with van der Waals surface area (Å²) in [5.41, 5.74) is 10.1. The molecule has 4 rings (SSSR count). The number of carboxylic acids is 1. The van der Waals surface area contributed by atoms with Crippen molar-refractivity contribution in [3.8, 4) is 11.1 Å². The Labute approximate surface area is 252 Å². The van der Waals surface area contributed by atoms with E-state index in [2.05, 4.69) is 41.4 Å². The van der Waals surface area contributed by atoms with Gasteiger partial charge in [-0.05, 0) is 79.9 Å². The predicted molar refractivity (Wildman–Crippen MR) is 160 cm³/mol. The van der Waals surface area contributed by atoms with Crippen LogP contribution in [-0.2, 0) is 19.6 Å². The van der Waals surface area contributed by atoms with Crippen molar-refractivity contribution in [3.63, 3.8) is 0 Å². The van der Waals surface area contributed by atoms with Gasteiger partial charge >= 0.3 is 12.1 Å². The van der Waals surface area contributed by atoms with Crippen molar-refractivity contribution in [2.24, 2.45) is 5.73 Å². The third-order valence-corrected chi connectivity index (χ3v) is 10.6. The Morgan fingerprint density at radius 3 is 2.40 bits per heavy atom. The first-order valence-corrected chi connectivity index (χ1v) is 16.1. The Morgan fingerprint density at radius 2 is 1.86 bits per heavy atom. The second kappa shape index (κ2) is 14.2. The zero-order valence-electron chi connectivity index (χ0n) is 24.4. The number of thiophene rings is 1. The molecular formula is C28H37F3N4O6S2. The summed E-state index contributed by atoms with van der Waals surface area (Å²) in [6.45, 7) is 6.41. The van der Waals surface area contributed by atoms with Crippen LogP contribution in [0.3, 0.4) is 0 Å². The lowest BCUT2D eigenvalue weighted by atomic mass is 9.88. The Kier molecular flexibility index (Phi) is 11.4. The van der Waals surface area contributed by atoms with Gasteiger partial charge in [-0.25, -0.2) is 17.5 Å². The molecule has 0 spiro atoms. The Hall–Kier alpha value is -2.98. The van der Waals surface area contributed by atoms with Crippen LogP contribution in [-0.4, -0.2) is 91.9 Å². The van der Waals surface area contributed by atoms with Gasteiger partial charge in [0.05, 0.1) is 23.4 Å². The summed E-state index contributed by atoms with van der Waals surface area (Å²) in [6, 6.07) is 6.43. The van der Waals surface area contributed by atoms with Gasteiger partial charge < -0.3 is 20.6 Å². The fourth-order valence-electron chi connectivity index (χ4n) is 4.95. The number of rotatable bonds is 10. The Bertz CT molecular complexity index is 1530. The highest BCUT2D eigenvalue weighted by Crippen LogP contribution is 2.39. The number of amides is 1. The highest BCUT2D eigenvalue weighted by Gasteiger charge is 2.38. The van der Waals surface area contributed by atoms with Crippen molar-refractivity contribution in [2.45, 2.75) is 44.8 Å². The number of nitrogens with zero attached hydrogens (tertiary/aromatic N) is 2. The minimum Gasteiger partial charge on any atom is -0.475 e. The van der Waals surface area contributed by atoms with Crippen LogP contribution in [0.5, 0.6) is 0 Å². The van der Waals surface area contributed by atoms with Crippen molar-refractivity contribution in [2.75, 3.05) is 46.2 Å². The molecule has 1 saturated heterocycles. The first-order valence-electron chi connectivity index (χ1n) is 13.6. The van der Waals surface area contributed by atoms with Gasteiger partial charge in [-0.15, -0.1) is 11.3 Å². The highest BCUT2D eigenvalue weighted by molar-refractivity contribution is 7.89. The van der Waals surface area contributed by atoms with E-state index in [-0.39, 0.29) is 17.7 Å². The lowest BCUT2D eigenvalue weighted by molar-refractivity contribution is -0.192. The number of piperidine rings is 1. The number of alkyl halides is 3. The molecule has 3 aromatic rings. The third kappa shape index (κ3) is 8.35. The summed E-state index contributed by atoms with van der Waals surface area (Å²) in [4.78, 5) is 28.1. The van der Waals surface area contributed by atoms with Crippen molar-refractivity contribution < 1.29 is 41.0 Å². The maximum Gasteiger partial charge on any atom is 0.490 e. The number of fused-ring (bicyclic) bond motifs is 1. The van der Waals surface area contributed by atoms with Gasteiger partial charge in [-0.1, -0.05) is 0 Å². The van der Waals surface area contributed by atoms with Gasteiger partial charge in [0.1, 0.15) is 0 Å². The molecule has 1 amide bonds. The summed E-state index contributed by atoms with van der Waals surface area (Å²) >= 11 is 1.70. The second-order valence-corrected chi connectivity index (χ2v) is 13.5. The second-order valence-electron chi connectivity index (χ2n) is 10.3. The van der Waals surface area contributed by atoms with Crippen molar-refractivity contribution in [1.29, 1.82) is 0 Å². The van der Waals surface area contributed by atoms with Gasteiger partial charge in [0.25, 0.3) is 5.91 Å². The van der Waals surface area contributed by atoms with E-state index in [0.717, 1.165) is 47.0 Å². The lowest BCUT2D eigenvalue weighted by Gasteiger charge is -2.31. The number of carbonyl (C=O) groups is 2. The molecule has 1 aromatic carbocycles. The lowest BCUT2D eigenvalue weighted by Crippen LogP contribution is -2.38. The van der Waals surface area contributed by atoms with Crippen LogP contribution >= 0.6 is 11.3 Å². The summed E-state index contributed by atoms with van der Waals surface area (Å²) < 4.78 is 63.1. The number of sulfonamides is 1. The fraction of sp³-hybridized carbons (Fsp3) is 0.500. The molecule has 0 aliphatic carbocycles. The van der Waals surface area contributed by atoms with Gasteiger partial charge in [0.15, 0.2) is 0 Å². The monoisotopic (exact) mass is 646 g/mol. The molecule has 1 atom stereocenters. The molecule has 238 valence electrons. The van der Waals surface area contributed by atoms with Crippen LogP contribution in [0.4, 0.5) is 13.2 Å². The molecule has 1 fully saturated rings. The maximum absolute atomic E-state index is 12.4. The summed E-state index contributed by atoms with van der Waals surface area (Å²) in [5, 5.41) is 10.2. The van der Waals surface area contributed by atoms with Crippen LogP contribution in [0.2, 0.25) is 0 Å². The molecule has 1 unspecified atom stereocenters. The molecule has 3 heterocycles. The SMILES string of the molecule is CCS(=O)(=O)N1CCC(c2c[nH]c3c(C(N)=O)cc(-c4csc(C(C)N(C)CCOC)c4)cc23)CC1.O=C(O)C(F)(F)F. The Balaban J connectivity index is 0.000000646. The fourth-order valence-corrected chi connectivity index (χ4v) is 7.12. The van der Waals surface area contributed by atoms with Gasteiger partial charge in [0.2, 0.25) is 10.0 Å². The van der Waals surface area contributed by atoms with E-state index < -0.39 is 28.1 Å². The normalized spacial score (nSPS) is 15.8. The topological polar surface area (TPSA) is 146 Å². The van der Waals surface area contributed by atoms with Crippen molar-refractivity contribution in [3.05, 3.63) is 45.8 Å². The molecule has 0 saturated carbocycles. The number of halogens is 3. The molecule has 43 heavy (non-hydrogen) atoms. The number of benzene rings is 1. The number of ether oxygens (including phenoxy) is 1. The van der Waals surface area contributed by atoms with Crippen LogP contribution in [0.25, 0.3) is 22.0 Å². The van der Waals surface area contributed by atoms with Crippen molar-refractivity contribution >= 4 is 44.1 Å². The number of nitrogens with one attached hydrogen (secondary N) is 1. The quantitative estimate of drug-likeness (QED) is 0.287. The van der Waals surface area contributed by atoms with Gasteiger partial charge in [-0.3, -0.25) is 9.69 Å². The molecular weight excluding hydrogens is 609 g/mol. The average molecular weight is 647 g/mol. The summed E-state index contributed by atoms with van der Waals surface area (Å²) in [5.74, 6) is -2.89. The molecule has 15 heteroatoms. The van der Waals surface area contributed by atoms with Crippen molar-refractivity contribution in [1.82, 2.24) is 14.2 Å². The minimum atomic E-state index is -5.08. The van der Waals surface area contributed by atoms with Crippen LogP contribution in [0, 0.1) is 0 Å². The first-order chi connectivity index (χ1) is 20.1. The number of likely N-dealkylation sites (N-methyl/N-ethyl adjacent to an activating group) is 1. The molecule has 2 aromatic heterocycles. The summed E-state index contributed by atoms with van der Waals surface area (Å²) in [6.07, 6.45) is -1.63. The number of aromatic nitrogens is 1. The van der Waals surface area contributed by atoms with E-state index >= 15 is 0 Å². The summed E-state index contributed by atoms with van der Waals surface area (Å²) in [7, 11) is 0.617. The predicted octanol–water partition coefficient (Wildman–Crippen LogP) is 4.80. The Morgan fingerprint density at radius 1 is 1.23 bits per heavy atom. The van der Waals surface area contributed by atoms with E-state index in [9.17, 15) is 26.4 Å². The third-order valence-electron chi connectivity index (χ3n) is 7.66. The number of hydrogen-bond donors (Lipinski definition) is 3. The molecule has 0 bridgehead atoms. The largest absolute Gasteiger partial charge is 0.490 e. The van der Waals surface area contributed by atoms with E-state index in [1.165, 1.54) is 4.88 Å². The number of primary amides is 1. The van der Waals surface area contributed by atoms with Crippen LogP contribution < -0.4 is 5.73 Å². The number of nitrogens with two attached hydrogens (primary N) is 1. The number of aromatic amines is 1. The maximum atomic E-state index is 12.4. The molecule has 1 aliphatic rings. The van der Waals surface area contributed by atoms with Gasteiger partial charge in [-0.2, -0.15) is 13.2 Å². The van der Waals surface area contributed by atoms with Crippen LogP contribution in [0.15, 0.2) is 29.8 Å². The molecule has 4 N–H and O–H groups in total. The molecule has 10 nitrogen and oxygen atoms in total. The van der Waals surface area contributed by atoms with Gasteiger partial charge in [0, 0.05) is 49.2 Å². The number of methoxy groups -OCH3 is 1. The van der Waals surface area contributed by atoms with E-state index in [1.54, 1.807) is 29.7 Å². The van der Waals surface area contributed by atoms with E-state index in [0.29, 0.717) is 25.3 Å². The minimum absolute atomic E-state index is 0.125. The number of H-pyrrole nitrogens is 1. The number of carboxylic acid groups (broad SMARTS) is 1. The standard InChI is InChI=1S/C26H36N4O4S2.C2HF3O2/c1-5-36(32,33)30-8-6-18(7-9-30)23-15-28-25-21(23)12-19(13-22(25)26(27)31)20-14-24(35-16-20)17(2)29(3)10-11-34-4;3-2(4,5)1(6)7/h12-18,28H,5-11H2,1-4H3,(H2,27,31);(H,6,7). The van der Waals surface area contributed by atoms with E-state index in [1.807, 2.05) is 12.3 Å².